The second-order valence-electron chi connectivity index (χ2n) is 10.9. The summed E-state index contributed by atoms with van der Waals surface area (Å²) >= 11 is 0. The summed E-state index contributed by atoms with van der Waals surface area (Å²) in [5.74, 6) is 0.279. The van der Waals surface area contributed by atoms with Crippen molar-refractivity contribution < 1.29 is 18.0 Å². The monoisotopic (exact) mass is 559 g/mol. The van der Waals surface area contributed by atoms with Crippen LogP contribution in [0.25, 0.3) is 0 Å². The van der Waals surface area contributed by atoms with Gasteiger partial charge in [0.05, 0.1) is 10.6 Å². The Morgan fingerprint density at radius 3 is 2.12 bits per heavy atom. The van der Waals surface area contributed by atoms with E-state index in [4.69, 9.17) is 0 Å². The lowest BCUT2D eigenvalue weighted by molar-refractivity contribution is 0.0919. The number of ketones is 1. The molecule has 0 spiro atoms. The molecular weight excluding hydrogens is 522 g/mol. The first kappa shape index (κ1) is 28.1. The Labute approximate surface area is 237 Å². The lowest BCUT2D eigenvalue weighted by Gasteiger charge is -2.30. The highest BCUT2D eigenvalue weighted by molar-refractivity contribution is 7.92. The second-order valence-corrected chi connectivity index (χ2v) is 12.6. The number of hydrogen-bond donors (Lipinski definition) is 2. The normalized spacial score (nSPS) is 19.7. The highest BCUT2D eigenvalue weighted by Gasteiger charge is 2.24. The lowest BCUT2D eigenvalue weighted by Crippen LogP contribution is -2.38. The number of carbonyl (C=O) groups excluding carboxylic acids is 2. The molecule has 0 radical (unpaired) electrons. The number of rotatable bonds is 10. The molecule has 8 heteroatoms. The summed E-state index contributed by atoms with van der Waals surface area (Å²) in [6.07, 6.45) is 8.13. The van der Waals surface area contributed by atoms with Crippen molar-refractivity contribution in [1.29, 1.82) is 0 Å². The van der Waals surface area contributed by atoms with Crippen LogP contribution >= 0.6 is 0 Å². The number of sulfonamides is 1. The van der Waals surface area contributed by atoms with E-state index in [1.807, 2.05) is 6.07 Å². The van der Waals surface area contributed by atoms with Crippen molar-refractivity contribution >= 4 is 27.4 Å². The van der Waals surface area contributed by atoms with E-state index < -0.39 is 10.0 Å². The Hall–Kier alpha value is -3.49. The molecule has 7 nitrogen and oxygen atoms in total. The number of anilines is 1. The molecular formula is C32H37N3O4S. The van der Waals surface area contributed by atoms with Crippen molar-refractivity contribution in [3.8, 4) is 0 Å². The maximum absolute atomic E-state index is 13.2. The summed E-state index contributed by atoms with van der Waals surface area (Å²) in [5, 5.41) is 3.13. The third-order valence-electron chi connectivity index (χ3n) is 8.11. The fraction of sp³-hybridized carbons (Fsp3) is 0.375. The summed E-state index contributed by atoms with van der Waals surface area (Å²) in [6.45, 7) is 3.67. The van der Waals surface area contributed by atoms with Crippen LogP contribution in [0.3, 0.4) is 0 Å². The molecule has 40 heavy (non-hydrogen) atoms. The van der Waals surface area contributed by atoms with Gasteiger partial charge in [-0.1, -0.05) is 42.5 Å². The number of carbonyl (C=O) groups is 2. The number of nitrogens with zero attached hydrogens (tertiary/aromatic N) is 1. The minimum atomic E-state index is -3.98. The van der Waals surface area contributed by atoms with Gasteiger partial charge < -0.3 is 10.2 Å². The van der Waals surface area contributed by atoms with Gasteiger partial charge in [0.1, 0.15) is 0 Å². The van der Waals surface area contributed by atoms with E-state index in [2.05, 4.69) is 14.9 Å². The summed E-state index contributed by atoms with van der Waals surface area (Å²) in [7, 11) is -3.98. The van der Waals surface area contributed by atoms with Gasteiger partial charge in [-0.2, -0.15) is 0 Å². The lowest BCUT2D eigenvalue weighted by atomic mass is 9.84. The van der Waals surface area contributed by atoms with Crippen LogP contribution in [0.5, 0.6) is 0 Å². The first-order valence-corrected chi connectivity index (χ1v) is 15.7. The molecule has 0 aromatic heterocycles. The van der Waals surface area contributed by atoms with Gasteiger partial charge >= 0.3 is 0 Å². The largest absolute Gasteiger partial charge is 0.349 e. The SMILES string of the molecule is O=C(N[C@H]1CC[C@H](CCN2CCCC2)CC1)c1ccc(S(=O)(=O)Nc2ccccc2C(=O)c2ccccc2)cc1. The Balaban J connectivity index is 1.16. The molecule has 1 aliphatic heterocycles. The summed E-state index contributed by atoms with van der Waals surface area (Å²) in [6, 6.07) is 21.3. The average molecular weight is 560 g/mol. The fourth-order valence-corrected chi connectivity index (χ4v) is 6.82. The molecule has 1 saturated heterocycles. The predicted molar refractivity (Wildman–Crippen MR) is 157 cm³/mol. The van der Waals surface area contributed by atoms with Crippen molar-refractivity contribution in [1.82, 2.24) is 10.2 Å². The van der Waals surface area contributed by atoms with Gasteiger partial charge in [-0.15, -0.1) is 0 Å². The first-order valence-electron chi connectivity index (χ1n) is 14.2. The average Bonchev–Trinajstić information content (AvgIpc) is 3.51. The van der Waals surface area contributed by atoms with Crippen molar-refractivity contribution in [2.24, 2.45) is 5.92 Å². The van der Waals surface area contributed by atoms with E-state index in [1.54, 1.807) is 48.5 Å². The molecule has 0 atom stereocenters. The highest BCUT2D eigenvalue weighted by Crippen LogP contribution is 2.28. The predicted octanol–water partition coefficient (Wildman–Crippen LogP) is 5.49. The van der Waals surface area contributed by atoms with Crippen LogP contribution in [-0.2, 0) is 10.0 Å². The molecule has 1 heterocycles. The number of likely N-dealkylation sites (tertiary alicyclic amines) is 1. The zero-order valence-electron chi connectivity index (χ0n) is 22.7. The van der Waals surface area contributed by atoms with Crippen LogP contribution in [-0.4, -0.2) is 50.7 Å². The number of hydrogen-bond acceptors (Lipinski definition) is 5. The quantitative estimate of drug-likeness (QED) is 0.320. The molecule has 1 amide bonds. The zero-order chi connectivity index (χ0) is 28.0. The number of benzene rings is 3. The van der Waals surface area contributed by atoms with E-state index in [9.17, 15) is 18.0 Å². The third-order valence-corrected chi connectivity index (χ3v) is 9.49. The maximum Gasteiger partial charge on any atom is 0.261 e. The standard InChI is InChI=1S/C32H37N3O4S/c36-31(25-8-2-1-3-9-25)29-10-4-5-11-30(29)34-40(38,39)28-18-14-26(15-19-28)32(37)33-27-16-12-24(13-17-27)20-23-35-21-6-7-22-35/h1-5,8-11,14-15,18-19,24,27,34H,6-7,12-13,16-17,20-23H2,(H,33,37)/t24-,27-. The van der Waals surface area contributed by atoms with Crippen LogP contribution in [0.15, 0.2) is 83.8 Å². The smallest absolute Gasteiger partial charge is 0.261 e. The molecule has 1 saturated carbocycles. The van der Waals surface area contributed by atoms with E-state index in [0.29, 0.717) is 11.1 Å². The van der Waals surface area contributed by atoms with Crippen LogP contribution < -0.4 is 10.0 Å². The zero-order valence-corrected chi connectivity index (χ0v) is 23.5. The summed E-state index contributed by atoms with van der Waals surface area (Å²) in [4.78, 5) is 28.5. The molecule has 3 aromatic carbocycles. The third kappa shape index (κ3) is 6.98. The van der Waals surface area contributed by atoms with Crippen molar-refractivity contribution in [2.45, 2.75) is 55.9 Å². The van der Waals surface area contributed by atoms with Gasteiger partial charge in [0.25, 0.3) is 15.9 Å². The Bertz CT molecular complexity index is 1410. The number of para-hydroxylation sites is 1. The van der Waals surface area contributed by atoms with Crippen LogP contribution in [0.2, 0.25) is 0 Å². The Morgan fingerprint density at radius 2 is 1.43 bits per heavy atom. The van der Waals surface area contributed by atoms with E-state index in [-0.39, 0.29) is 33.9 Å². The minimum Gasteiger partial charge on any atom is -0.349 e. The first-order chi connectivity index (χ1) is 19.4. The molecule has 1 aliphatic carbocycles. The topological polar surface area (TPSA) is 95.6 Å². The molecule has 2 aliphatic rings. The fourth-order valence-electron chi connectivity index (χ4n) is 5.74. The molecule has 2 N–H and O–H groups in total. The van der Waals surface area contributed by atoms with Gasteiger partial charge in [0.15, 0.2) is 5.78 Å². The van der Waals surface area contributed by atoms with E-state index >= 15 is 0 Å². The molecule has 0 bridgehead atoms. The number of amides is 1. The van der Waals surface area contributed by atoms with Gasteiger partial charge in [-0.25, -0.2) is 8.42 Å². The van der Waals surface area contributed by atoms with E-state index in [0.717, 1.165) is 31.6 Å². The molecule has 210 valence electrons. The van der Waals surface area contributed by atoms with Crippen molar-refractivity contribution in [3.63, 3.8) is 0 Å². The van der Waals surface area contributed by atoms with Crippen molar-refractivity contribution in [3.05, 3.63) is 95.6 Å². The van der Waals surface area contributed by atoms with Gasteiger partial charge in [0, 0.05) is 22.7 Å². The number of nitrogens with one attached hydrogen (secondary N) is 2. The maximum atomic E-state index is 13.2. The Kier molecular flexibility index (Phi) is 8.97. The summed E-state index contributed by atoms with van der Waals surface area (Å²) < 4.78 is 28.9. The Morgan fingerprint density at radius 1 is 0.775 bits per heavy atom. The van der Waals surface area contributed by atoms with Crippen LogP contribution in [0, 0.1) is 5.92 Å². The van der Waals surface area contributed by atoms with Crippen LogP contribution in [0.4, 0.5) is 5.69 Å². The van der Waals surface area contributed by atoms with Crippen molar-refractivity contribution in [2.75, 3.05) is 24.4 Å². The second kappa shape index (κ2) is 12.8. The highest BCUT2D eigenvalue weighted by atomic mass is 32.2. The molecule has 0 unspecified atom stereocenters. The summed E-state index contributed by atoms with van der Waals surface area (Å²) in [5.41, 5.74) is 1.36. The van der Waals surface area contributed by atoms with E-state index in [1.165, 1.54) is 63.2 Å². The minimum absolute atomic E-state index is 0.0181. The molecule has 2 fully saturated rings. The van der Waals surface area contributed by atoms with Gasteiger partial charge in [-0.05, 0) is 107 Å². The van der Waals surface area contributed by atoms with Crippen LogP contribution in [0.1, 0.15) is 71.2 Å². The molecule has 3 aromatic rings. The molecule has 5 rings (SSSR count). The van der Waals surface area contributed by atoms with Gasteiger partial charge in [0.2, 0.25) is 0 Å². The van der Waals surface area contributed by atoms with Gasteiger partial charge in [-0.3, -0.25) is 14.3 Å².